The predicted octanol–water partition coefficient (Wildman–Crippen LogP) is 3.84. The number of phenols is 2. The molecule has 2 N–H and O–H groups in total. The lowest BCUT2D eigenvalue weighted by Crippen LogP contribution is -2.20. The van der Waals surface area contributed by atoms with Gasteiger partial charge in [0.05, 0.1) is 0 Å². The molecule has 24 heavy (non-hydrogen) atoms. The Labute approximate surface area is 139 Å². The number of carbonyl (C=O) groups excluding carboxylic acids is 1. The Balaban J connectivity index is 1.93. The molecule has 0 radical (unpaired) electrons. The minimum atomic E-state index is -0.611. The van der Waals surface area contributed by atoms with Gasteiger partial charge in [-0.2, -0.15) is 0 Å². The van der Waals surface area contributed by atoms with E-state index < -0.39 is 11.9 Å². The zero-order valence-corrected chi connectivity index (χ0v) is 12.8. The molecule has 0 aliphatic heterocycles. The van der Waals surface area contributed by atoms with Gasteiger partial charge in [0.1, 0.15) is 23.2 Å². The third-order valence-electron chi connectivity index (χ3n) is 3.65. The fourth-order valence-corrected chi connectivity index (χ4v) is 2.47. The summed E-state index contributed by atoms with van der Waals surface area (Å²) < 4.78 is 5.46. The number of rotatable bonds is 4. The zero-order chi connectivity index (χ0) is 16.9. The number of hydrogen-bond acceptors (Lipinski definition) is 4. The van der Waals surface area contributed by atoms with Crippen LogP contribution >= 0.6 is 0 Å². The van der Waals surface area contributed by atoms with Crippen molar-refractivity contribution in [3.8, 4) is 17.2 Å². The molecule has 0 fully saturated rings. The second-order valence-corrected chi connectivity index (χ2v) is 5.35. The van der Waals surface area contributed by atoms with Crippen molar-refractivity contribution in [2.24, 2.45) is 0 Å². The Morgan fingerprint density at radius 1 is 0.708 bits per heavy atom. The first-order valence-corrected chi connectivity index (χ1v) is 7.48. The summed E-state index contributed by atoms with van der Waals surface area (Å²) in [4.78, 5) is 12.7. The Morgan fingerprint density at radius 3 is 1.79 bits per heavy atom. The predicted molar refractivity (Wildman–Crippen MR) is 90.1 cm³/mol. The summed E-state index contributed by atoms with van der Waals surface area (Å²) in [6.07, 6.45) is 0. The number of aromatic hydroxyl groups is 2. The number of esters is 1. The summed E-state index contributed by atoms with van der Waals surface area (Å²) in [5.41, 5.74) is 1.52. The van der Waals surface area contributed by atoms with Crippen LogP contribution in [-0.2, 0) is 4.79 Å². The van der Waals surface area contributed by atoms with Crippen LogP contribution in [0.15, 0.2) is 78.9 Å². The Hall–Kier alpha value is -3.27. The fraction of sp³-hybridized carbons (Fsp3) is 0.0500. The van der Waals surface area contributed by atoms with Crippen molar-refractivity contribution >= 4 is 5.97 Å². The van der Waals surface area contributed by atoms with Gasteiger partial charge in [-0.05, 0) is 47.5 Å². The number of phenolic OH excluding ortho intramolecular Hbond substituents is 2. The standard InChI is InChI=1S/C20H16O4/c21-16-8-6-15(7-9-16)19(14-4-2-1-3-5-14)20(23)24-18-12-10-17(22)11-13-18/h1-13,19,21-22H. The zero-order valence-electron chi connectivity index (χ0n) is 12.8. The number of ether oxygens (including phenoxy) is 1. The largest absolute Gasteiger partial charge is 0.508 e. The molecule has 4 heteroatoms. The van der Waals surface area contributed by atoms with Gasteiger partial charge in [-0.25, -0.2) is 0 Å². The third-order valence-corrected chi connectivity index (χ3v) is 3.65. The van der Waals surface area contributed by atoms with Crippen molar-refractivity contribution in [3.63, 3.8) is 0 Å². The molecule has 0 spiro atoms. The maximum Gasteiger partial charge on any atom is 0.323 e. The number of hydrogen-bond donors (Lipinski definition) is 2. The first kappa shape index (κ1) is 15.6. The van der Waals surface area contributed by atoms with Crippen molar-refractivity contribution in [1.82, 2.24) is 0 Å². The van der Waals surface area contributed by atoms with Gasteiger partial charge in [0.25, 0.3) is 0 Å². The first-order chi connectivity index (χ1) is 11.6. The molecule has 0 amide bonds. The Bertz CT molecular complexity index is 809. The number of benzene rings is 3. The maximum atomic E-state index is 12.7. The monoisotopic (exact) mass is 320 g/mol. The van der Waals surface area contributed by atoms with E-state index in [1.807, 2.05) is 30.3 Å². The molecular weight excluding hydrogens is 304 g/mol. The van der Waals surface area contributed by atoms with Crippen molar-refractivity contribution in [2.45, 2.75) is 5.92 Å². The van der Waals surface area contributed by atoms with E-state index in [2.05, 4.69) is 0 Å². The van der Waals surface area contributed by atoms with Crippen LogP contribution in [0.3, 0.4) is 0 Å². The van der Waals surface area contributed by atoms with Crippen LogP contribution in [0, 0.1) is 0 Å². The highest BCUT2D eigenvalue weighted by Gasteiger charge is 2.24. The second kappa shape index (κ2) is 6.87. The molecule has 1 unspecified atom stereocenters. The van der Waals surface area contributed by atoms with E-state index in [4.69, 9.17) is 4.74 Å². The lowest BCUT2D eigenvalue weighted by atomic mass is 9.91. The highest BCUT2D eigenvalue weighted by Crippen LogP contribution is 2.28. The fourth-order valence-electron chi connectivity index (χ4n) is 2.47. The average molecular weight is 320 g/mol. The third kappa shape index (κ3) is 3.55. The van der Waals surface area contributed by atoms with Crippen molar-refractivity contribution in [2.75, 3.05) is 0 Å². The highest BCUT2D eigenvalue weighted by atomic mass is 16.5. The summed E-state index contributed by atoms with van der Waals surface area (Å²) in [6.45, 7) is 0. The molecule has 0 saturated carbocycles. The Morgan fingerprint density at radius 2 is 1.21 bits per heavy atom. The quantitative estimate of drug-likeness (QED) is 0.566. The van der Waals surface area contributed by atoms with Crippen LogP contribution in [0.4, 0.5) is 0 Å². The Kier molecular flexibility index (Phi) is 4.47. The van der Waals surface area contributed by atoms with E-state index in [1.54, 1.807) is 24.3 Å². The summed E-state index contributed by atoms with van der Waals surface area (Å²) in [5, 5.41) is 18.8. The summed E-state index contributed by atoms with van der Waals surface area (Å²) in [5.74, 6) is -0.443. The highest BCUT2D eigenvalue weighted by molar-refractivity contribution is 5.84. The van der Waals surface area contributed by atoms with Gasteiger partial charge in [-0.3, -0.25) is 4.79 Å². The first-order valence-electron chi connectivity index (χ1n) is 7.48. The molecule has 120 valence electrons. The summed E-state index contributed by atoms with van der Waals surface area (Å²) >= 11 is 0. The topological polar surface area (TPSA) is 66.8 Å². The van der Waals surface area contributed by atoms with Crippen LogP contribution in [0.25, 0.3) is 0 Å². The molecule has 3 aromatic carbocycles. The van der Waals surface area contributed by atoms with Gasteiger partial charge in [0.2, 0.25) is 0 Å². The van der Waals surface area contributed by atoms with Crippen LogP contribution < -0.4 is 4.74 Å². The van der Waals surface area contributed by atoms with Gasteiger partial charge in [-0.1, -0.05) is 42.5 Å². The second-order valence-electron chi connectivity index (χ2n) is 5.35. The molecule has 0 aromatic heterocycles. The van der Waals surface area contributed by atoms with Gasteiger partial charge in [-0.15, -0.1) is 0 Å². The minimum Gasteiger partial charge on any atom is -0.508 e. The lowest BCUT2D eigenvalue weighted by Gasteiger charge is -2.17. The summed E-state index contributed by atoms with van der Waals surface area (Å²) in [7, 11) is 0. The molecule has 0 saturated heterocycles. The molecule has 0 aliphatic carbocycles. The van der Waals surface area contributed by atoms with E-state index in [1.165, 1.54) is 24.3 Å². The van der Waals surface area contributed by atoms with Crippen molar-refractivity contribution in [3.05, 3.63) is 90.0 Å². The SMILES string of the molecule is O=C(Oc1ccc(O)cc1)C(c1ccccc1)c1ccc(O)cc1. The van der Waals surface area contributed by atoms with E-state index >= 15 is 0 Å². The van der Waals surface area contributed by atoms with E-state index in [9.17, 15) is 15.0 Å². The lowest BCUT2D eigenvalue weighted by molar-refractivity contribution is -0.135. The average Bonchev–Trinajstić information content (AvgIpc) is 2.60. The van der Waals surface area contributed by atoms with E-state index in [0.29, 0.717) is 5.75 Å². The molecule has 3 rings (SSSR count). The van der Waals surface area contributed by atoms with E-state index in [-0.39, 0.29) is 11.5 Å². The number of carbonyl (C=O) groups is 1. The van der Waals surface area contributed by atoms with Gasteiger partial charge < -0.3 is 14.9 Å². The van der Waals surface area contributed by atoms with Crippen LogP contribution in [0.1, 0.15) is 17.0 Å². The van der Waals surface area contributed by atoms with E-state index in [0.717, 1.165) is 11.1 Å². The van der Waals surface area contributed by atoms with Gasteiger partial charge in [0.15, 0.2) is 0 Å². The molecule has 0 heterocycles. The van der Waals surface area contributed by atoms with Crippen LogP contribution in [0.5, 0.6) is 17.2 Å². The molecule has 0 bridgehead atoms. The molecular formula is C20H16O4. The van der Waals surface area contributed by atoms with Crippen molar-refractivity contribution in [1.29, 1.82) is 0 Å². The molecule has 0 aliphatic rings. The molecule has 3 aromatic rings. The summed E-state index contributed by atoms with van der Waals surface area (Å²) in [6, 6.07) is 21.8. The normalized spacial score (nSPS) is 11.7. The molecule has 1 atom stereocenters. The van der Waals surface area contributed by atoms with Crippen LogP contribution in [-0.4, -0.2) is 16.2 Å². The van der Waals surface area contributed by atoms with Gasteiger partial charge in [0, 0.05) is 0 Å². The minimum absolute atomic E-state index is 0.105. The smallest absolute Gasteiger partial charge is 0.323 e. The van der Waals surface area contributed by atoms with Gasteiger partial charge >= 0.3 is 5.97 Å². The maximum absolute atomic E-state index is 12.7. The van der Waals surface area contributed by atoms with Crippen LogP contribution in [0.2, 0.25) is 0 Å². The van der Waals surface area contributed by atoms with Crippen molar-refractivity contribution < 1.29 is 19.7 Å². The molecule has 4 nitrogen and oxygen atoms in total.